The first-order valence-electron chi connectivity index (χ1n) is 10.1. The number of hydrogen-bond acceptors (Lipinski definition) is 3. The van der Waals surface area contributed by atoms with Crippen LogP contribution in [0.15, 0.2) is 48.8 Å². The summed E-state index contributed by atoms with van der Waals surface area (Å²) in [7, 11) is 0. The molecule has 1 atom stereocenters. The first-order valence-corrected chi connectivity index (χ1v) is 10.1. The number of nitrogens with zero attached hydrogens (tertiary/aromatic N) is 3. The molecule has 1 aromatic carbocycles. The Labute approximate surface area is 162 Å². The standard InChI is InChI=1S/C23H29N3O/c1-18(2)22(27)25-16-21-7-4-3-6-20(21)14-23(17-25)10-5-13-26(23)15-19-8-11-24-12-9-19/h3-4,6-9,11-12,18H,5,10,13-17H2,1-2H3. The number of rotatable bonds is 3. The summed E-state index contributed by atoms with van der Waals surface area (Å²) in [5.74, 6) is 0.296. The van der Waals surface area contributed by atoms with Crippen LogP contribution in [-0.4, -0.2) is 39.3 Å². The summed E-state index contributed by atoms with van der Waals surface area (Å²) in [4.78, 5) is 21.8. The van der Waals surface area contributed by atoms with Crippen molar-refractivity contribution < 1.29 is 4.79 Å². The minimum Gasteiger partial charge on any atom is -0.336 e. The van der Waals surface area contributed by atoms with Crippen LogP contribution in [0.1, 0.15) is 43.4 Å². The van der Waals surface area contributed by atoms with E-state index in [9.17, 15) is 4.79 Å². The lowest BCUT2D eigenvalue weighted by molar-refractivity contribution is -0.136. The van der Waals surface area contributed by atoms with Gasteiger partial charge in [0, 0.05) is 43.5 Å². The quantitative estimate of drug-likeness (QED) is 0.835. The number of carbonyl (C=O) groups excluding carboxylic acids is 1. The van der Waals surface area contributed by atoms with E-state index >= 15 is 0 Å². The molecule has 0 radical (unpaired) electrons. The Hall–Kier alpha value is -2.20. The molecule has 1 fully saturated rings. The fourth-order valence-corrected chi connectivity index (χ4v) is 4.76. The van der Waals surface area contributed by atoms with Crippen LogP contribution in [0, 0.1) is 5.92 Å². The van der Waals surface area contributed by atoms with Gasteiger partial charge in [0.2, 0.25) is 5.91 Å². The molecule has 0 aliphatic carbocycles. The summed E-state index contributed by atoms with van der Waals surface area (Å²) < 4.78 is 0. The average molecular weight is 364 g/mol. The van der Waals surface area contributed by atoms with Crippen LogP contribution in [0.25, 0.3) is 0 Å². The Kier molecular flexibility index (Phi) is 5.00. The summed E-state index contributed by atoms with van der Waals surface area (Å²) in [5, 5.41) is 0. The number of carbonyl (C=O) groups is 1. The second-order valence-corrected chi connectivity index (χ2v) is 8.40. The Morgan fingerprint density at radius 2 is 1.89 bits per heavy atom. The van der Waals surface area contributed by atoms with E-state index in [0.29, 0.717) is 0 Å². The molecule has 0 N–H and O–H groups in total. The Balaban J connectivity index is 1.69. The van der Waals surface area contributed by atoms with Crippen molar-refractivity contribution in [3.63, 3.8) is 0 Å². The van der Waals surface area contributed by atoms with E-state index in [-0.39, 0.29) is 17.4 Å². The van der Waals surface area contributed by atoms with Crippen LogP contribution in [-0.2, 0) is 24.3 Å². The Morgan fingerprint density at radius 3 is 2.63 bits per heavy atom. The number of benzene rings is 1. The number of aromatic nitrogens is 1. The molecule has 142 valence electrons. The smallest absolute Gasteiger partial charge is 0.225 e. The third-order valence-electron chi connectivity index (χ3n) is 6.15. The van der Waals surface area contributed by atoms with Gasteiger partial charge in [-0.3, -0.25) is 14.7 Å². The van der Waals surface area contributed by atoms with Crippen LogP contribution < -0.4 is 0 Å². The molecule has 1 saturated heterocycles. The van der Waals surface area contributed by atoms with Crippen molar-refractivity contribution >= 4 is 5.91 Å². The van der Waals surface area contributed by atoms with E-state index < -0.39 is 0 Å². The molecule has 0 saturated carbocycles. The first-order chi connectivity index (χ1) is 13.1. The van der Waals surface area contributed by atoms with E-state index in [4.69, 9.17) is 0 Å². The maximum atomic E-state index is 13.0. The van der Waals surface area contributed by atoms with E-state index in [1.165, 1.54) is 23.1 Å². The molecular formula is C23H29N3O. The molecule has 2 aromatic rings. The van der Waals surface area contributed by atoms with Gasteiger partial charge in [0.25, 0.3) is 0 Å². The zero-order valence-electron chi connectivity index (χ0n) is 16.4. The second-order valence-electron chi connectivity index (χ2n) is 8.40. The number of fused-ring (bicyclic) bond motifs is 1. The number of likely N-dealkylation sites (tertiary alicyclic amines) is 1. The summed E-state index contributed by atoms with van der Waals surface area (Å²) in [6.07, 6.45) is 7.10. The first kappa shape index (κ1) is 18.2. The molecule has 4 nitrogen and oxygen atoms in total. The van der Waals surface area contributed by atoms with Gasteiger partial charge in [-0.05, 0) is 54.6 Å². The molecule has 2 aliphatic heterocycles. The van der Waals surface area contributed by atoms with Crippen molar-refractivity contribution in [2.75, 3.05) is 13.1 Å². The minimum atomic E-state index is 0.0282. The van der Waals surface area contributed by atoms with Crippen LogP contribution in [0.4, 0.5) is 0 Å². The molecular weight excluding hydrogens is 334 g/mol. The van der Waals surface area contributed by atoms with Gasteiger partial charge in [-0.2, -0.15) is 0 Å². The second kappa shape index (κ2) is 7.43. The van der Waals surface area contributed by atoms with E-state index in [1.807, 2.05) is 26.2 Å². The van der Waals surface area contributed by atoms with Crippen LogP contribution in [0.2, 0.25) is 0 Å². The largest absolute Gasteiger partial charge is 0.336 e. The highest BCUT2D eigenvalue weighted by atomic mass is 16.2. The lowest BCUT2D eigenvalue weighted by atomic mass is 9.87. The third-order valence-corrected chi connectivity index (χ3v) is 6.15. The van der Waals surface area contributed by atoms with E-state index in [0.717, 1.165) is 39.0 Å². The number of pyridine rings is 1. The molecule has 1 spiro atoms. The van der Waals surface area contributed by atoms with Crippen molar-refractivity contribution in [3.8, 4) is 0 Å². The molecule has 4 rings (SSSR count). The average Bonchev–Trinajstić information content (AvgIpc) is 2.95. The molecule has 1 unspecified atom stereocenters. The van der Waals surface area contributed by atoms with Gasteiger partial charge < -0.3 is 4.90 Å². The highest BCUT2D eigenvalue weighted by Gasteiger charge is 2.45. The molecule has 27 heavy (non-hydrogen) atoms. The highest BCUT2D eigenvalue weighted by molar-refractivity contribution is 5.78. The zero-order chi connectivity index (χ0) is 18.9. The topological polar surface area (TPSA) is 36.4 Å². The number of hydrogen-bond donors (Lipinski definition) is 0. The lowest BCUT2D eigenvalue weighted by Crippen LogP contribution is -2.53. The van der Waals surface area contributed by atoms with Gasteiger partial charge >= 0.3 is 0 Å². The van der Waals surface area contributed by atoms with E-state index in [2.05, 4.69) is 51.2 Å². The normalized spacial score (nSPS) is 22.9. The molecule has 0 bridgehead atoms. The van der Waals surface area contributed by atoms with Crippen molar-refractivity contribution in [2.24, 2.45) is 5.92 Å². The lowest BCUT2D eigenvalue weighted by Gasteiger charge is -2.41. The zero-order valence-corrected chi connectivity index (χ0v) is 16.4. The van der Waals surface area contributed by atoms with Gasteiger partial charge in [-0.1, -0.05) is 38.1 Å². The SMILES string of the molecule is CC(C)C(=O)N1Cc2ccccc2CC2(CCCN2Cc2ccncc2)C1. The third kappa shape index (κ3) is 3.63. The monoisotopic (exact) mass is 363 g/mol. The maximum Gasteiger partial charge on any atom is 0.225 e. The van der Waals surface area contributed by atoms with Gasteiger partial charge in [-0.25, -0.2) is 0 Å². The Bertz CT molecular complexity index is 804. The van der Waals surface area contributed by atoms with E-state index in [1.54, 1.807) is 0 Å². The minimum absolute atomic E-state index is 0.0282. The summed E-state index contributed by atoms with van der Waals surface area (Å²) in [5.41, 5.74) is 4.03. The Morgan fingerprint density at radius 1 is 1.15 bits per heavy atom. The molecule has 1 aromatic heterocycles. The molecule has 4 heteroatoms. The van der Waals surface area contributed by atoms with Crippen LogP contribution in [0.5, 0.6) is 0 Å². The van der Waals surface area contributed by atoms with Gasteiger partial charge in [0.1, 0.15) is 0 Å². The van der Waals surface area contributed by atoms with Crippen LogP contribution in [0.3, 0.4) is 0 Å². The van der Waals surface area contributed by atoms with Crippen molar-refractivity contribution in [1.82, 2.24) is 14.8 Å². The van der Waals surface area contributed by atoms with Gasteiger partial charge in [0.05, 0.1) is 0 Å². The number of amides is 1. The molecule has 2 aliphatic rings. The summed E-state index contributed by atoms with van der Waals surface area (Å²) in [6.45, 7) is 7.59. The van der Waals surface area contributed by atoms with Gasteiger partial charge in [0.15, 0.2) is 0 Å². The van der Waals surface area contributed by atoms with Crippen molar-refractivity contribution in [3.05, 3.63) is 65.5 Å². The van der Waals surface area contributed by atoms with Crippen LogP contribution >= 0.6 is 0 Å². The molecule has 1 amide bonds. The van der Waals surface area contributed by atoms with Gasteiger partial charge in [-0.15, -0.1) is 0 Å². The summed E-state index contributed by atoms with van der Waals surface area (Å²) in [6, 6.07) is 12.9. The highest BCUT2D eigenvalue weighted by Crippen LogP contribution is 2.38. The van der Waals surface area contributed by atoms with Crippen molar-refractivity contribution in [2.45, 2.75) is 51.7 Å². The predicted octanol–water partition coefficient (Wildman–Crippen LogP) is 3.66. The maximum absolute atomic E-state index is 13.0. The van der Waals surface area contributed by atoms with Crippen molar-refractivity contribution in [1.29, 1.82) is 0 Å². The predicted molar refractivity (Wildman–Crippen MR) is 107 cm³/mol. The summed E-state index contributed by atoms with van der Waals surface area (Å²) >= 11 is 0. The molecule has 3 heterocycles. The fraction of sp³-hybridized carbons (Fsp3) is 0.478. The fourth-order valence-electron chi connectivity index (χ4n) is 4.76.